The quantitative estimate of drug-likeness (QED) is 0.584. The lowest BCUT2D eigenvalue weighted by Crippen LogP contribution is -2.33. The van der Waals surface area contributed by atoms with Crippen LogP contribution in [0.1, 0.15) is 24.2 Å². The number of nitrogens with one attached hydrogen (secondary N) is 1. The molecule has 0 radical (unpaired) electrons. The number of hydrogen-bond acceptors (Lipinski definition) is 5. The first kappa shape index (κ1) is 20.7. The SMILES string of the molecule is CCc1ccc(NC(=O)N(C)CCc2noc(COc3ccc(Cl)cc3)n2)cc1. The van der Waals surface area contributed by atoms with Crippen molar-refractivity contribution in [1.82, 2.24) is 15.0 Å². The van der Waals surface area contributed by atoms with Gasteiger partial charge in [-0.3, -0.25) is 0 Å². The standard InChI is InChI=1S/C21H23ClN4O3/c1-3-15-4-8-17(9-5-15)23-21(27)26(2)13-12-19-24-20(29-25-19)14-28-18-10-6-16(22)7-11-18/h4-11H,3,12-14H2,1-2H3,(H,23,27). The molecule has 2 aromatic carbocycles. The monoisotopic (exact) mass is 414 g/mol. The number of hydrogen-bond donors (Lipinski definition) is 1. The zero-order chi connectivity index (χ0) is 20.6. The molecule has 8 heteroatoms. The minimum atomic E-state index is -0.191. The number of anilines is 1. The van der Waals surface area contributed by atoms with Crippen molar-refractivity contribution in [3.63, 3.8) is 0 Å². The van der Waals surface area contributed by atoms with E-state index in [2.05, 4.69) is 22.4 Å². The number of ether oxygens (including phenoxy) is 1. The smallest absolute Gasteiger partial charge is 0.321 e. The molecule has 1 heterocycles. The maximum atomic E-state index is 12.3. The predicted octanol–water partition coefficient (Wildman–Crippen LogP) is 4.57. The van der Waals surface area contributed by atoms with Crippen molar-refractivity contribution in [2.24, 2.45) is 0 Å². The second kappa shape index (κ2) is 9.93. The molecule has 0 aliphatic rings. The molecule has 1 N–H and O–H groups in total. The summed E-state index contributed by atoms with van der Waals surface area (Å²) in [7, 11) is 1.72. The van der Waals surface area contributed by atoms with Gasteiger partial charge in [-0.1, -0.05) is 35.8 Å². The number of nitrogens with zero attached hydrogens (tertiary/aromatic N) is 3. The van der Waals surface area contributed by atoms with Crippen LogP contribution >= 0.6 is 11.6 Å². The summed E-state index contributed by atoms with van der Waals surface area (Å²) in [5.74, 6) is 1.56. The zero-order valence-corrected chi connectivity index (χ0v) is 17.1. The van der Waals surface area contributed by atoms with Gasteiger partial charge < -0.3 is 19.5 Å². The molecule has 0 saturated heterocycles. The van der Waals surface area contributed by atoms with Gasteiger partial charge >= 0.3 is 6.03 Å². The number of carbonyl (C=O) groups excluding carboxylic acids is 1. The van der Waals surface area contributed by atoms with E-state index in [1.54, 1.807) is 36.2 Å². The Bertz CT molecular complexity index is 926. The number of aryl methyl sites for hydroxylation is 1. The molecule has 0 unspecified atom stereocenters. The van der Waals surface area contributed by atoms with Crippen LogP contribution < -0.4 is 10.1 Å². The molecule has 0 bridgehead atoms. The molecular weight excluding hydrogens is 392 g/mol. The minimum absolute atomic E-state index is 0.165. The topological polar surface area (TPSA) is 80.5 Å². The van der Waals surface area contributed by atoms with Crippen LogP contribution in [0.2, 0.25) is 5.02 Å². The largest absolute Gasteiger partial charge is 0.484 e. The van der Waals surface area contributed by atoms with Crippen LogP contribution in [-0.2, 0) is 19.4 Å². The number of amides is 2. The van der Waals surface area contributed by atoms with Crippen molar-refractivity contribution in [2.45, 2.75) is 26.4 Å². The van der Waals surface area contributed by atoms with E-state index in [0.717, 1.165) is 12.1 Å². The Morgan fingerprint density at radius 1 is 1.17 bits per heavy atom. The third-order valence-electron chi connectivity index (χ3n) is 4.32. The molecule has 0 atom stereocenters. The van der Waals surface area contributed by atoms with Gasteiger partial charge in [0.05, 0.1) is 0 Å². The summed E-state index contributed by atoms with van der Waals surface area (Å²) in [6.45, 7) is 2.71. The molecule has 0 fully saturated rings. The van der Waals surface area contributed by atoms with Crippen LogP contribution in [0.25, 0.3) is 0 Å². The summed E-state index contributed by atoms with van der Waals surface area (Å²) in [6.07, 6.45) is 1.44. The fourth-order valence-corrected chi connectivity index (χ4v) is 2.66. The van der Waals surface area contributed by atoms with Crippen LogP contribution in [0.15, 0.2) is 53.1 Å². The van der Waals surface area contributed by atoms with Gasteiger partial charge in [-0.25, -0.2) is 4.79 Å². The molecule has 3 rings (SSSR count). The van der Waals surface area contributed by atoms with Crippen molar-refractivity contribution < 1.29 is 14.1 Å². The average molecular weight is 415 g/mol. The summed E-state index contributed by atoms with van der Waals surface area (Å²) in [4.78, 5) is 18.2. The van der Waals surface area contributed by atoms with Crippen molar-refractivity contribution in [3.05, 3.63) is 70.8 Å². The Hall–Kier alpha value is -3.06. The highest BCUT2D eigenvalue weighted by atomic mass is 35.5. The Balaban J connectivity index is 1.44. The van der Waals surface area contributed by atoms with Crippen LogP contribution in [0.5, 0.6) is 5.75 Å². The van der Waals surface area contributed by atoms with Crippen LogP contribution in [0.3, 0.4) is 0 Å². The highest BCUT2D eigenvalue weighted by molar-refractivity contribution is 6.30. The van der Waals surface area contributed by atoms with Gasteiger partial charge in [-0.15, -0.1) is 0 Å². The third-order valence-corrected chi connectivity index (χ3v) is 4.57. The number of carbonyl (C=O) groups is 1. The normalized spacial score (nSPS) is 10.6. The Kier molecular flexibility index (Phi) is 7.08. The van der Waals surface area contributed by atoms with E-state index in [1.165, 1.54) is 5.56 Å². The van der Waals surface area contributed by atoms with Crippen LogP contribution in [0, 0.1) is 0 Å². The lowest BCUT2D eigenvalue weighted by atomic mass is 10.1. The minimum Gasteiger partial charge on any atom is -0.484 e. The van der Waals surface area contributed by atoms with Crippen LogP contribution in [-0.4, -0.2) is 34.7 Å². The molecule has 7 nitrogen and oxygen atoms in total. The van der Waals surface area contributed by atoms with E-state index in [4.69, 9.17) is 20.9 Å². The average Bonchev–Trinajstić information content (AvgIpc) is 3.20. The fourth-order valence-electron chi connectivity index (χ4n) is 2.54. The highest BCUT2D eigenvalue weighted by Crippen LogP contribution is 2.16. The van der Waals surface area contributed by atoms with Crippen molar-refractivity contribution >= 4 is 23.3 Å². The lowest BCUT2D eigenvalue weighted by molar-refractivity contribution is 0.222. The van der Waals surface area contributed by atoms with Crippen molar-refractivity contribution in [3.8, 4) is 5.75 Å². The molecule has 29 heavy (non-hydrogen) atoms. The summed E-state index contributed by atoms with van der Waals surface area (Å²) < 4.78 is 10.8. The summed E-state index contributed by atoms with van der Waals surface area (Å²) >= 11 is 5.84. The Morgan fingerprint density at radius 3 is 2.59 bits per heavy atom. The van der Waals surface area contributed by atoms with Gasteiger partial charge in [-0.2, -0.15) is 4.98 Å². The molecule has 1 aromatic heterocycles. The first-order valence-electron chi connectivity index (χ1n) is 9.34. The molecule has 0 saturated carbocycles. The second-order valence-corrected chi connectivity index (χ2v) is 6.94. The highest BCUT2D eigenvalue weighted by Gasteiger charge is 2.12. The van der Waals surface area contributed by atoms with Gasteiger partial charge in [0, 0.05) is 30.7 Å². The van der Waals surface area contributed by atoms with Crippen molar-refractivity contribution in [1.29, 1.82) is 0 Å². The maximum absolute atomic E-state index is 12.3. The molecule has 0 aliphatic carbocycles. The third kappa shape index (κ3) is 6.22. The molecule has 152 valence electrons. The number of aromatic nitrogens is 2. The molecular formula is C21H23ClN4O3. The second-order valence-electron chi connectivity index (χ2n) is 6.50. The molecule has 2 amide bonds. The van der Waals surface area contributed by atoms with Gasteiger partial charge in [0.1, 0.15) is 5.75 Å². The first-order valence-corrected chi connectivity index (χ1v) is 9.72. The fraction of sp³-hybridized carbons (Fsp3) is 0.286. The summed E-state index contributed by atoms with van der Waals surface area (Å²) in [5, 5.41) is 7.44. The molecule has 3 aromatic rings. The number of urea groups is 1. The Morgan fingerprint density at radius 2 is 1.90 bits per heavy atom. The number of benzene rings is 2. The molecule has 0 aliphatic heterocycles. The number of likely N-dealkylation sites (N-methyl/N-ethyl adjacent to an activating group) is 1. The predicted molar refractivity (Wildman–Crippen MR) is 111 cm³/mol. The summed E-state index contributed by atoms with van der Waals surface area (Å²) in [6, 6.07) is 14.6. The maximum Gasteiger partial charge on any atom is 0.321 e. The number of rotatable bonds is 8. The van der Waals surface area contributed by atoms with Gasteiger partial charge in [-0.05, 0) is 48.4 Å². The van der Waals surface area contributed by atoms with E-state index in [-0.39, 0.29) is 12.6 Å². The number of halogens is 1. The van der Waals surface area contributed by atoms with E-state index >= 15 is 0 Å². The zero-order valence-electron chi connectivity index (χ0n) is 16.4. The van der Waals surface area contributed by atoms with E-state index in [1.807, 2.05) is 24.3 Å². The lowest BCUT2D eigenvalue weighted by Gasteiger charge is -2.17. The molecule has 0 spiro atoms. The first-order chi connectivity index (χ1) is 14.0. The van der Waals surface area contributed by atoms with Gasteiger partial charge in [0.2, 0.25) is 0 Å². The van der Waals surface area contributed by atoms with E-state index in [9.17, 15) is 4.79 Å². The van der Waals surface area contributed by atoms with Gasteiger partial charge in [0.25, 0.3) is 5.89 Å². The van der Waals surface area contributed by atoms with E-state index < -0.39 is 0 Å². The Labute approximate surface area is 174 Å². The van der Waals surface area contributed by atoms with Crippen molar-refractivity contribution in [2.75, 3.05) is 18.9 Å². The van der Waals surface area contributed by atoms with Gasteiger partial charge in [0.15, 0.2) is 12.4 Å². The van der Waals surface area contributed by atoms with E-state index in [0.29, 0.717) is 35.5 Å². The summed E-state index contributed by atoms with van der Waals surface area (Å²) in [5.41, 5.74) is 1.99. The van der Waals surface area contributed by atoms with Crippen LogP contribution in [0.4, 0.5) is 10.5 Å².